The molecular formula is C20H19F3N2O2. The van der Waals surface area contributed by atoms with E-state index < -0.39 is 11.7 Å². The molecule has 27 heavy (non-hydrogen) atoms. The van der Waals surface area contributed by atoms with Crippen molar-refractivity contribution in [3.05, 3.63) is 59.7 Å². The lowest BCUT2D eigenvalue weighted by Gasteiger charge is -2.25. The van der Waals surface area contributed by atoms with Gasteiger partial charge in [-0.3, -0.25) is 4.79 Å². The molecule has 0 saturated carbocycles. The molecule has 1 heterocycles. The number of rotatable bonds is 5. The number of ether oxygens (including phenoxy) is 1. The van der Waals surface area contributed by atoms with Crippen LogP contribution in [0, 0.1) is 0 Å². The van der Waals surface area contributed by atoms with Crippen molar-refractivity contribution in [3.8, 4) is 0 Å². The molecular weight excluding hydrogens is 357 g/mol. The fourth-order valence-electron chi connectivity index (χ4n) is 2.94. The van der Waals surface area contributed by atoms with Crippen LogP contribution in [-0.4, -0.2) is 31.3 Å². The molecule has 0 atom stereocenters. The molecule has 0 amide bonds. The summed E-state index contributed by atoms with van der Waals surface area (Å²) in [5.74, 6) is 0. The predicted molar refractivity (Wildman–Crippen MR) is 97.6 cm³/mol. The first-order chi connectivity index (χ1) is 13.0. The zero-order chi connectivity index (χ0) is 19.3. The standard InChI is InChI=1S/C20H19F3N2O2/c21-20(22,23)14-4-3-5-16(12-14)25-19(13-26)17-6-1-2-7-18(17)24-15-8-10-27-11-9-15/h1-7,12-13,15,24H,8-11H2. The number of nitrogens with zero attached hydrogens (tertiary/aromatic N) is 1. The quantitative estimate of drug-likeness (QED) is 0.612. The van der Waals surface area contributed by atoms with Crippen LogP contribution in [0.2, 0.25) is 0 Å². The Bertz CT molecular complexity index is 828. The van der Waals surface area contributed by atoms with Crippen LogP contribution in [-0.2, 0) is 15.7 Å². The maximum atomic E-state index is 12.9. The summed E-state index contributed by atoms with van der Waals surface area (Å²) in [5, 5.41) is 3.39. The Morgan fingerprint density at radius 1 is 1.11 bits per heavy atom. The molecule has 1 aliphatic rings. The first-order valence-corrected chi connectivity index (χ1v) is 8.62. The van der Waals surface area contributed by atoms with Crippen LogP contribution in [0.3, 0.4) is 0 Å². The summed E-state index contributed by atoms with van der Waals surface area (Å²) in [4.78, 5) is 15.8. The molecule has 1 N–H and O–H groups in total. The van der Waals surface area contributed by atoms with E-state index >= 15 is 0 Å². The first-order valence-electron chi connectivity index (χ1n) is 8.62. The molecule has 0 radical (unpaired) electrons. The Labute approximate surface area is 155 Å². The smallest absolute Gasteiger partial charge is 0.382 e. The molecule has 3 rings (SSSR count). The molecule has 1 aliphatic heterocycles. The molecule has 4 nitrogen and oxygen atoms in total. The minimum absolute atomic E-state index is 0.0736. The second-order valence-electron chi connectivity index (χ2n) is 6.24. The zero-order valence-corrected chi connectivity index (χ0v) is 14.5. The minimum Gasteiger partial charge on any atom is -0.382 e. The third kappa shape index (κ3) is 4.95. The average Bonchev–Trinajstić information content (AvgIpc) is 2.67. The Morgan fingerprint density at radius 2 is 1.85 bits per heavy atom. The van der Waals surface area contributed by atoms with Gasteiger partial charge in [-0.25, -0.2) is 4.99 Å². The van der Waals surface area contributed by atoms with E-state index in [1.807, 2.05) is 12.1 Å². The third-order valence-corrected chi connectivity index (χ3v) is 4.32. The first kappa shape index (κ1) is 19.1. The van der Waals surface area contributed by atoms with Gasteiger partial charge in [0.25, 0.3) is 0 Å². The van der Waals surface area contributed by atoms with Crippen LogP contribution in [0.5, 0.6) is 0 Å². The summed E-state index contributed by atoms with van der Waals surface area (Å²) < 4.78 is 44.0. The molecule has 142 valence electrons. The van der Waals surface area contributed by atoms with Crippen LogP contribution >= 0.6 is 0 Å². The minimum atomic E-state index is -4.46. The fourth-order valence-corrected chi connectivity index (χ4v) is 2.94. The average molecular weight is 376 g/mol. The van der Waals surface area contributed by atoms with Gasteiger partial charge in [-0.15, -0.1) is 0 Å². The van der Waals surface area contributed by atoms with Gasteiger partial charge in [-0.05, 0) is 37.1 Å². The Balaban J connectivity index is 1.92. The lowest BCUT2D eigenvalue weighted by molar-refractivity contribution is -0.137. The van der Waals surface area contributed by atoms with Crippen LogP contribution < -0.4 is 5.32 Å². The summed E-state index contributed by atoms with van der Waals surface area (Å²) >= 11 is 0. The number of halogens is 3. The topological polar surface area (TPSA) is 50.7 Å². The van der Waals surface area contributed by atoms with E-state index in [9.17, 15) is 18.0 Å². The molecule has 1 fully saturated rings. The molecule has 2 aromatic rings. The molecule has 2 aromatic carbocycles. The highest BCUT2D eigenvalue weighted by molar-refractivity contribution is 6.38. The number of benzene rings is 2. The van der Waals surface area contributed by atoms with Gasteiger partial charge in [0.1, 0.15) is 5.71 Å². The van der Waals surface area contributed by atoms with E-state index in [0.29, 0.717) is 25.1 Å². The predicted octanol–water partition coefficient (Wildman–Crippen LogP) is 4.62. The molecule has 1 saturated heterocycles. The Hall–Kier alpha value is -2.67. The molecule has 7 heteroatoms. The van der Waals surface area contributed by atoms with Crippen molar-refractivity contribution >= 4 is 23.4 Å². The van der Waals surface area contributed by atoms with Crippen molar-refractivity contribution in [2.75, 3.05) is 18.5 Å². The fraction of sp³-hybridized carbons (Fsp3) is 0.300. The lowest BCUT2D eigenvalue weighted by atomic mass is 10.0. The van der Waals surface area contributed by atoms with Gasteiger partial charge in [0.2, 0.25) is 0 Å². The zero-order valence-electron chi connectivity index (χ0n) is 14.5. The lowest BCUT2D eigenvalue weighted by Crippen LogP contribution is -2.28. The second kappa shape index (κ2) is 8.35. The largest absolute Gasteiger partial charge is 0.416 e. The molecule has 0 aromatic heterocycles. The maximum absolute atomic E-state index is 12.9. The van der Waals surface area contributed by atoms with Gasteiger partial charge < -0.3 is 10.1 Å². The van der Waals surface area contributed by atoms with Gasteiger partial charge in [0, 0.05) is 30.5 Å². The van der Waals surface area contributed by atoms with E-state index in [-0.39, 0.29) is 17.4 Å². The summed E-state index contributed by atoms with van der Waals surface area (Å²) in [6.07, 6.45) is -2.22. The van der Waals surface area contributed by atoms with Crippen molar-refractivity contribution in [2.45, 2.75) is 25.1 Å². The third-order valence-electron chi connectivity index (χ3n) is 4.32. The number of anilines is 1. The number of carbonyl (C=O) groups is 1. The van der Waals surface area contributed by atoms with Gasteiger partial charge >= 0.3 is 6.18 Å². The van der Waals surface area contributed by atoms with Crippen LogP contribution in [0.4, 0.5) is 24.5 Å². The van der Waals surface area contributed by atoms with Gasteiger partial charge in [-0.1, -0.05) is 24.3 Å². The summed E-state index contributed by atoms with van der Waals surface area (Å²) in [5.41, 5.74) is 0.624. The summed E-state index contributed by atoms with van der Waals surface area (Å²) in [6.45, 7) is 1.33. The van der Waals surface area contributed by atoms with Gasteiger partial charge in [0.05, 0.1) is 11.3 Å². The highest BCUT2D eigenvalue weighted by Gasteiger charge is 2.30. The van der Waals surface area contributed by atoms with Crippen molar-refractivity contribution in [3.63, 3.8) is 0 Å². The molecule has 0 unspecified atom stereocenters. The number of nitrogens with one attached hydrogen (secondary N) is 1. The highest BCUT2D eigenvalue weighted by Crippen LogP contribution is 2.31. The van der Waals surface area contributed by atoms with Crippen molar-refractivity contribution < 1.29 is 22.7 Å². The second-order valence-corrected chi connectivity index (χ2v) is 6.24. The molecule has 0 bridgehead atoms. The highest BCUT2D eigenvalue weighted by atomic mass is 19.4. The van der Waals surface area contributed by atoms with E-state index in [1.165, 1.54) is 12.1 Å². The van der Waals surface area contributed by atoms with Crippen LogP contribution in [0.25, 0.3) is 0 Å². The van der Waals surface area contributed by atoms with Gasteiger partial charge in [-0.2, -0.15) is 13.2 Å². The summed E-state index contributed by atoms with van der Waals surface area (Å²) in [6, 6.07) is 12.0. The normalized spacial score (nSPS) is 16.2. The number of alkyl halides is 3. The monoisotopic (exact) mass is 376 g/mol. The van der Waals surface area contributed by atoms with E-state index in [0.717, 1.165) is 30.7 Å². The van der Waals surface area contributed by atoms with E-state index in [1.54, 1.807) is 12.1 Å². The number of hydrogen-bond donors (Lipinski definition) is 1. The Kier molecular flexibility index (Phi) is 5.91. The van der Waals surface area contributed by atoms with Crippen molar-refractivity contribution in [2.24, 2.45) is 4.99 Å². The van der Waals surface area contributed by atoms with Crippen LogP contribution in [0.15, 0.2) is 53.5 Å². The van der Waals surface area contributed by atoms with Crippen molar-refractivity contribution in [1.29, 1.82) is 0 Å². The Morgan fingerprint density at radius 3 is 2.56 bits per heavy atom. The maximum Gasteiger partial charge on any atom is 0.416 e. The van der Waals surface area contributed by atoms with Crippen molar-refractivity contribution in [1.82, 2.24) is 0 Å². The number of aldehydes is 1. The molecule has 0 aliphatic carbocycles. The van der Waals surface area contributed by atoms with E-state index in [4.69, 9.17) is 4.74 Å². The number of para-hydroxylation sites is 1. The SMILES string of the molecule is O=CC(=Nc1cccc(C(F)(F)F)c1)c1ccccc1NC1CCOCC1. The number of aliphatic imine (C=N–C) groups is 1. The van der Waals surface area contributed by atoms with Gasteiger partial charge in [0.15, 0.2) is 6.29 Å². The van der Waals surface area contributed by atoms with Crippen LogP contribution in [0.1, 0.15) is 24.0 Å². The summed E-state index contributed by atoms with van der Waals surface area (Å²) in [7, 11) is 0. The van der Waals surface area contributed by atoms with E-state index in [2.05, 4.69) is 10.3 Å². The number of hydrogen-bond acceptors (Lipinski definition) is 4. The molecule has 0 spiro atoms. The number of carbonyl (C=O) groups excluding carboxylic acids is 1.